The Balaban J connectivity index is 2.44. The highest BCUT2D eigenvalue weighted by Gasteiger charge is 2.09. The van der Waals surface area contributed by atoms with Crippen LogP contribution in [0.2, 0.25) is 0 Å². The Morgan fingerprint density at radius 1 is 1.54 bits per heavy atom. The third-order valence-corrected chi connectivity index (χ3v) is 1.79. The van der Waals surface area contributed by atoms with Crippen LogP contribution in [0.1, 0.15) is 31.2 Å². The van der Waals surface area contributed by atoms with Crippen LogP contribution in [0.25, 0.3) is 0 Å². The summed E-state index contributed by atoms with van der Waals surface area (Å²) in [5, 5.41) is 0. The lowest BCUT2D eigenvalue weighted by molar-refractivity contribution is 0.0682. The summed E-state index contributed by atoms with van der Waals surface area (Å²) in [5.74, 6) is 0.884. The summed E-state index contributed by atoms with van der Waals surface area (Å²) in [7, 11) is 0. The number of aryl methyl sites for hydroxylation is 1. The second-order valence-corrected chi connectivity index (χ2v) is 3.48. The molecule has 1 unspecified atom stereocenters. The number of nitrogens with two attached hydrogens (primary N) is 1. The molecule has 1 rings (SSSR count). The van der Waals surface area contributed by atoms with E-state index < -0.39 is 0 Å². The average molecular weight is 183 g/mol. The Morgan fingerprint density at radius 3 is 2.69 bits per heavy atom. The molecule has 74 valence electrons. The molecule has 0 aliphatic rings. The van der Waals surface area contributed by atoms with Gasteiger partial charge in [0.1, 0.15) is 5.76 Å². The number of furan rings is 1. The highest BCUT2D eigenvalue weighted by atomic mass is 16.5. The van der Waals surface area contributed by atoms with Gasteiger partial charge in [0.25, 0.3) is 0 Å². The smallest absolute Gasteiger partial charge is 0.101 e. The summed E-state index contributed by atoms with van der Waals surface area (Å²) in [6.07, 6.45) is 1.91. The minimum atomic E-state index is -0.0835. The molecule has 3 heteroatoms. The first-order valence-corrected chi connectivity index (χ1v) is 4.52. The van der Waals surface area contributed by atoms with Gasteiger partial charge in [-0.2, -0.15) is 0 Å². The highest BCUT2D eigenvalue weighted by Crippen LogP contribution is 2.14. The highest BCUT2D eigenvalue weighted by molar-refractivity contribution is 5.15. The molecule has 0 spiro atoms. The summed E-state index contributed by atoms with van der Waals surface area (Å²) >= 11 is 0. The van der Waals surface area contributed by atoms with Gasteiger partial charge in [-0.1, -0.05) is 0 Å². The standard InChI is InChI=1S/C10H17NO2/c1-7(2)12-6-10(11)9-4-8(3)13-5-9/h4-5,7,10H,6,11H2,1-3H3. The first-order chi connectivity index (χ1) is 6.09. The molecule has 0 fully saturated rings. The SMILES string of the molecule is Cc1cc(C(N)COC(C)C)co1. The van der Waals surface area contributed by atoms with Crippen LogP contribution in [0.3, 0.4) is 0 Å². The topological polar surface area (TPSA) is 48.4 Å². The molecule has 0 saturated carbocycles. The Hall–Kier alpha value is -0.800. The fourth-order valence-electron chi connectivity index (χ4n) is 1.05. The van der Waals surface area contributed by atoms with Gasteiger partial charge in [0, 0.05) is 5.56 Å². The van der Waals surface area contributed by atoms with Gasteiger partial charge in [0.15, 0.2) is 0 Å². The third kappa shape index (κ3) is 3.20. The normalized spacial score (nSPS) is 13.6. The van der Waals surface area contributed by atoms with E-state index >= 15 is 0 Å². The van der Waals surface area contributed by atoms with Gasteiger partial charge in [0.05, 0.1) is 25.0 Å². The summed E-state index contributed by atoms with van der Waals surface area (Å²) in [6.45, 7) is 6.43. The number of hydrogen-bond acceptors (Lipinski definition) is 3. The number of ether oxygens (including phenoxy) is 1. The van der Waals surface area contributed by atoms with E-state index in [1.165, 1.54) is 0 Å². The summed E-state index contributed by atoms with van der Waals surface area (Å²) in [6, 6.07) is 1.86. The average Bonchev–Trinajstić information content (AvgIpc) is 2.47. The van der Waals surface area contributed by atoms with Gasteiger partial charge in [-0.15, -0.1) is 0 Å². The van der Waals surface area contributed by atoms with Crippen molar-refractivity contribution in [1.82, 2.24) is 0 Å². The van der Waals surface area contributed by atoms with E-state index in [-0.39, 0.29) is 12.1 Å². The van der Waals surface area contributed by atoms with Crippen LogP contribution < -0.4 is 5.73 Å². The maximum Gasteiger partial charge on any atom is 0.101 e. The molecule has 1 aromatic rings. The van der Waals surface area contributed by atoms with Gasteiger partial charge in [-0.25, -0.2) is 0 Å². The van der Waals surface area contributed by atoms with Gasteiger partial charge in [-0.3, -0.25) is 0 Å². The van der Waals surface area contributed by atoms with E-state index in [1.807, 2.05) is 26.8 Å². The van der Waals surface area contributed by atoms with Crippen LogP contribution in [0.15, 0.2) is 16.7 Å². The molecule has 13 heavy (non-hydrogen) atoms. The quantitative estimate of drug-likeness (QED) is 0.776. The van der Waals surface area contributed by atoms with Crippen molar-refractivity contribution in [2.45, 2.75) is 32.9 Å². The van der Waals surface area contributed by atoms with Crippen LogP contribution in [0, 0.1) is 6.92 Å². The molecule has 0 radical (unpaired) electrons. The zero-order valence-corrected chi connectivity index (χ0v) is 8.41. The van der Waals surface area contributed by atoms with Crippen molar-refractivity contribution in [3.8, 4) is 0 Å². The second kappa shape index (κ2) is 4.44. The Kier molecular flexibility index (Phi) is 3.51. The van der Waals surface area contributed by atoms with Crippen LogP contribution in [0.5, 0.6) is 0 Å². The van der Waals surface area contributed by atoms with E-state index in [1.54, 1.807) is 6.26 Å². The molecule has 3 nitrogen and oxygen atoms in total. The van der Waals surface area contributed by atoms with E-state index in [2.05, 4.69) is 0 Å². The largest absolute Gasteiger partial charge is 0.469 e. The van der Waals surface area contributed by atoms with Gasteiger partial charge >= 0.3 is 0 Å². The van der Waals surface area contributed by atoms with E-state index in [9.17, 15) is 0 Å². The zero-order valence-electron chi connectivity index (χ0n) is 8.41. The Bertz CT molecular complexity index is 255. The van der Waals surface area contributed by atoms with Crippen molar-refractivity contribution in [3.05, 3.63) is 23.7 Å². The minimum Gasteiger partial charge on any atom is -0.469 e. The molecule has 2 N–H and O–H groups in total. The predicted molar refractivity (Wildman–Crippen MR) is 51.5 cm³/mol. The monoisotopic (exact) mass is 183 g/mol. The first kappa shape index (κ1) is 10.3. The van der Waals surface area contributed by atoms with Crippen molar-refractivity contribution >= 4 is 0 Å². The van der Waals surface area contributed by atoms with Crippen LogP contribution >= 0.6 is 0 Å². The molecule has 1 heterocycles. The number of hydrogen-bond donors (Lipinski definition) is 1. The molecule has 0 saturated heterocycles. The lowest BCUT2D eigenvalue weighted by Crippen LogP contribution is -2.18. The molecule has 0 aromatic carbocycles. The Morgan fingerprint density at radius 2 is 2.23 bits per heavy atom. The van der Waals surface area contributed by atoms with Gasteiger partial charge < -0.3 is 14.9 Å². The fraction of sp³-hybridized carbons (Fsp3) is 0.600. The van der Waals surface area contributed by atoms with Crippen molar-refractivity contribution < 1.29 is 9.15 Å². The van der Waals surface area contributed by atoms with Crippen LogP contribution in [-0.4, -0.2) is 12.7 Å². The second-order valence-electron chi connectivity index (χ2n) is 3.48. The molecular weight excluding hydrogens is 166 g/mol. The van der Waals surface area contributed by atoms with Crippen molar-refractivity contribution in [2.75, 3.05) is 6.61 Å². The minimum absolute atomic E-state index is 0.0835. The fourth-order valence-corrected chi connectivity index (χ4v) is 1.05. The Labute approximate surface area is 78.9 Å². The summed E-state index contributed by atoms with van der Waals surface area (Å²) in [4.78, 5) is 0. The maximum absolute atomic E-state index is 5.87. The van der Waals surface area contributed by atoms with Crippen molar-refractivity contribution in [1.29, 1.82) is 0 Å². The first-order valence-electron chi connectivity index (χ1n) is 4.52. The molecule has 0 aliphatic heterocycles. The molecule has 0 amide bonds. The van der Waals surface area contributed by atoms with Crippen LogP contribution in [-0.2, 0) is 4.74 Å². The summed E-state index contributed by atoms with van der Waals surface area (Å²) < 4.78 is 10.6. The molecule has 1 atom stereocenters. The lowest BCUT2D eigenvalue weighted by atomic mass is 10.2. The predicted octanol–water partition coefficient (Wildman–Crippen LogP) is 2.01. The van der Waals surface area contributed by atoms with E-state index in [4.69, 9.17) is 14.9 Å². The summed E-state index contributed by atoms with van der Waals surface area (Å²) in [5.41, 5.74) is 6.87. The molecular formula is C10H17NO2. The van der Waals surface area contributed by atoms with Crippen LogP contribution in [0.4, 0.5) is 0 Å². The zero-order chi connectivity index (χ0) is 9.84. The van der Waals surface area contributed by atoms with Crippen molar-refractivity contribution in [2.24, 2.45) is 5.73 Å². The molecule has 0 bridgehead atoms. The lowest BCUT2D eigenvalue weighted by Gasteiger charge is -2.12. The number of rotatable bonds is 4. The van der Waals surface area contributed by atoms with Crippen molar-refractivity contribution in [3.63, 3.8) is 0 Å². The molecule has 0 aliphatic carbocycles. The molecule has 1 aromatic heterocycles. The van der Waals surface area contributed by atoms with E-state index in [0.29, 0.717) is 6.61 Å². The van der Waals surface area contributed by atoms with Gasteiger partial charge in [-0.05, 0) is 26.8 Å². The third-order valence-electron chi connectivity index (χ3n) is 1.79. The van der Waals surface area contributed by atoms with Gasteiger partial charge in [0.2, 0.25) is 0 Å². The van der Waals surface area contributed by atoms with E-state index in [0.717, 1.165) is 11.3 Å². The maximum atomic E-state index is 5.87.